The highest BCUT2D eigenvalue weighted by Crippen LogP contribution is 2.27. The van der Waals surface area contributed by atoms with Crippen molar-refractivity contribution in [3.8, 4) is 6.07 Å². The van der Waals surface area contributed by atoms with Gasteiger partial charge in [0, 0.05) is 13.1 Å². The monoisotopic (exact) mass is 311 g/mol. The summed E-state index contributed by atoms with van der Waals surface area (Å²) in [6.45, 7) is 2.02. The van der Waals surface area contributed by atoms with Gasteiger partial charge in [0.15, 0.2) is 0 Å². The molecule has 0 bridgehead atoms. The van der Waals surface area contributed by atoms with Gasteiger partial charge in [0.1, 0.15) is 9.86 Å². The average Bonchev–Trinajstić information content (AvgIpc) is 3.00. The standard InChI is InChI=1S/C14H21N3OS2/c15-11-14(6-2-1-3-7-14)16-12(18)10-20-13(19)17-8-4-5-9-17/h1-10H2,(H,16,18). The molecule has 1 N–H and O–H groups in total. The number of thiocarbonyl (C=S) groups is 1. The van der Waals surface area contributed by atoms with Crippen LogP contribution in [0.3, 0.4) is 0 Å². The Bertz CT molecular complexity index is 407. The van der Waals surface area contributed by atoms with Crippen LogP contribution in [0.25, 0.3) is 0 Å². The SMILES string of the molecule is N#CC1(NC(=O)CSC(=S)N2CCCC2)CCCCC1. The summed E-state index contributed by atoms with van der Waals surface area (Å²) in [5.41, 5.74) is -0.634. The molecule has 6 heteroatoms. The van der Waals surface area contributed by atoms with Crippen LogP contribution in [0.2, 0.25) is 0 Å². The van der Waals surface area contributed by atoms with E-state index in [4.69, 9.17) is 12.2 Å². The van der Waals surface area contributed by atoms with Crippen molar-refractivity contribution in [3.63, 3.8) is 0 Å². The number of nitrogens with one attached hydrogen (secondary N) is 1. The summed E-state index contributed by atoms with van der Waals surface area (Å²) in [6, 6.07) is 2.31. The molecule has 0 radical (unpaired) electrons. The normalized spacial score (nSPS) is 21.2. The summed E-state index contributed by atoms with van der Waals surface area (Å²) >= 11 is 6.75. The number of hydrogen-bond donors (Lipinski definition) is 1. The lowest BCUT2D eigenvalue weighted by Crippen LogP contribution is -2.49. The van der Waals surface area contributed by atoms with E-state index in [1.807, 2.05) is 0 Å². The van der Waals surface area contributed by atoms with E-state index in [0.29, 0.717) is 5.75 Å². The maximum Gasteiger partial charge on any atom is 0.231 e. The molecule has 0 aromatic rings. The van der Waals surface area contributed by atoms with E-state index in [9.17, 15) is 10.1 Å². The van der Waals surface area contributed by atoms with Crippen molar-refractivity contribution in [2.24, 2.45) is 0 Å². The van der Waals surface area contributed by atoms with Gasteiger partial charge in [-0.25, -0.2) is 0 Å². The van der Waals surface area contributed by atoms with E-state index < -0.39 is 5.54 Å². The van der Waals surface area contributed by atoms with E-state index in [-0.39, 0.29) is 5.91 Å². The van der Waals surface area contributed by atoms with E-state index in [0.717, 1.165) is 49.5 Å². The summed E-state index contributed by atoms with van der Waals surface area (Å²) in [4.78, 5) is 14.2. The maximum atomic E-state index is 12.0. The molecule has 0 aromatic heterocycles. The summed E-state index contributed by atoms with van der Waals surface area (Å²) in [7, 11) is 0. The lowest BCUT2D eigenvalue weighted by molar-refractivity contribution is -0.120. The maximum absolute atomic E-state index is 12.0. The smallest absolute Gasteiger partial charge is 0.231 e. The van der Waals surface area contributed by atoms with Gasteiger partial charge in [-0.3, -0.25) is 4.79 Å². The van der Waals surface area contributed by atoms with E-state index >= 15 is 0 Å². The van der Waals surface area contributed by atoms with Crippen molar-refractivity contribution < 1.29 is 4.79 Å². The molecule has 20 heavy (non-hydrogen) atoms. The first kappa shape index (κ1) is 15.6. The van der Waals surface area contributed by atoms with Crippen molar-refractivity contribution >= 4 is 34.2 Å². The fourth-order valence-electron chi connectivity index (χ4n) is 2.84. The predicted molar refractivity (Wildman–Crippen MR) is 85.4 cm³/mol. The number of likely N-dealkylation sites (tertiary alicyclic amines) is 1. The highest BCUT2D eigenvalue weighted by molar-refractivity contribution is 8.23. The van der Waals surface area contributed by atoms with Crippen molar-refractivity contribution in [1.29, 1.82) is 5.26 Å². The van der Waals surface area contributed by atoms with Gasteiger partial charge in [0.05, 0.1) is 11.8 Å². The Morgan fingerprint density at radius 1 is 1.25 bits per heavy atom. The van der Waals surface area contributed by atoms with Crippen LogP contribution >= 0.6 is 24.0 Å². The summed E-state index contributed by atoms with van der Waals surface area (Å²) in [5, 5.41) is 12.3. The van der Waals surface area contributed by atoms with Crippen LogP contribution in [0.1, 0.15) is 44.9 Å². The first-order valence-electron chi connectivity index (χ1n) is 7.29. The average molecular weight is 311 g/mol. The third-order valence-electron chi connectivity index (χ3n) is 3.99. The zero-order chi connectivity index (χ0) is 14.4. The molecule has 1 aliphatic heterocycles. The number of carbonyl (C=O) groups excluding carboxylic acids is 1. The molecule has 1 saturated heterocycles. The van der Waals surface area contributed by atoms with Gasteiger partial charge in [-0.05, 0) is 25.7 Å². The largest absolute Gasteiger partial charge is 0.358 e. The molecule has 4 nitrogen and oxygen atoms in total. The molecule has 0 spiro atoms. The molecule has 0 atom stereocenters. The molecule has 1 heterocycles. The number of amides is 1. The van der Waals surface area contributed by atoms with Crippen molar-refractivity contribution in [2.75, 3.05) is 18.8 Å². The van der Waals surface area contributed by atoms with Gasteiger partial charge >= 0.3 is 0 Å². The third-order valence-corrected chi connectivity index (χ3v) is 5.51. The summed E-state index contributed by atoms with van der Waals surface area (Å²) in [5.74, 6) is 0.249. The van der Waals surface area contributed by atoms with Crippen LogP contribution in [0.5, 0.6) is 0 Å². The van der Waals surface area contributed by atoms with Crippen LogP contribution in [0, 0.1) is 11.3 Å². The number of carbonyl (C=O) groups is 1. The van der Waals surface area contributed by atoms with Gasteiger partial charge in [-0.15, -0.1) is 0 Å². The number of hydrogen-bond acceptors (Lipinski definition) is 4. The van der Waals surface area contributed by atoms with Crippen molar-refractivity contribution in [3.05, 3.63) is 0 Å². The molecule has 1 aliphatic carbocycles. The summed E-state index contributed by atoms with van der Waals surface area (Å²) < 4.78 is 0.812. The van der Waals surface area contributed by atoms with E-state index in [1.54, 1.807) is 0 Å². The lowest BCUT2D eigenvalue weighted by Gasteiger charge is -2.31. The third kappa shape index (κ3) is 4.10. The molecular weight excluding hydrogens is 290 g/mol. The second-order valence-electron chi connectivity index (χ2n) is 5.55. The van der Waals surface area contributed by atoms with Gasteiger partial charge in [0.2, 0.25) is 5.91 Å². The molecule has 110 valence electrons. The molecule has 2 rings (SSSR count). The molecule has 2 fully saturated rings. The highest BCUT2D eigenvalue weighted by atomic mass is 32.2. The number of nitriles is 1. The first-order valence-corrected chi connectivity index (χ1v) is 8.69. The topological polar surface area (TPSA) is 56.1 Å². The lowest BCUT2D eigenvalue weighted by atomic mass is 9.83. The number of rotatable bonds is 3. The van der Waals surface area contributed by atoms with Crippen LogP contribution < -0.4 is 5.32 Å². The Labute approximate surface area is 130 Å². The number of nitrogens with zero attached hydrogens (tertiary/aromatic N) is 2. The summed E-state index contributed by atoms with van der Waals surface area (Å²) in [6.07, 6.45) is 7.12. The van der Waals surface area contributed by atoms with E-state index in [1.165, 1.54) is 24.6 Å². The minimum Gasteiger partial charge on any atom is -0.358 e. The molecule has 1 amide bonds. The molecule has 0 aromatic carbocycles. The van der Waals surface area contributed by atoms with Gasteiger partial charge in [0.25, 0.3) is 0 Å². The molecular formula is C14H21N3OS2. The fourth-order valence-corrected chi connectivity index (χ4v) is 3.89. The van der Waals surface area contributed by atoms with Gasteiger partial charge in [-0.2, -0.15) is 5.26 Å². The zero-order valence-corrected chi connectivity index (χ0v) is 13.3. The molecule has 0 unspecified atom stereocenters. The van der Waals surface area contributed by atoms with Gasteiger partial charge in [-0.1, -0.05) is 43.2 Å². The predicted octanol–water partition coefficient (Wildman–Crippen LogP) is 2.44. The van der Waals surface area contributed by atoms with Crippen molar-refractivity contribution in [1.82, 2.24) is 10.2 Å². The van der Waals surface area contributed by atoms with Gasteiger partial charge < -0.3 is 10.2 Å². The second-order valence-corrected chi connectivity index (χ2v) is 7.16. The van der Waals surface area contributed by atoms with Crippen LogP contribution in [-0.2, 0) is 4.79 Å². The Kier molecular flexibility index (Phi) is 5.67. The first-order chi connectivity index (χ1) is 9.65. The molecule has 2 aliphatic rings. The van der Waals surface area contributed by atoms with Crippen LogP contribution in [-0.4, -0.2) is 39.5 Å². The highest BCUT2D eigenvalue weighted by Gasteiger charge is 2.33. The minimum absolute atomic E-state index is 0.0694. The Morgan fingerprint density at radius 3 is 2.50 bits per heavy atom. The Hall–Kier alpha value is -0.800. The van der Waals surface area contributed by atoms with Crippen LogP contribution in [0.4, 0.5) is 0 Å². The van der Waals surface area contributed by atoms with Crippen molar-refractivity contribution in [2.45, 2.75) is 50.5 Å². The minimum atomic E-state index is -0.634. The second kappa shape index (κ2) is 7.28. The Balaban J connectivity index is 1.77. The van der Waals surface area contributed by atoms with Crippen LogP contribution in [0.15, 0.2) is 0 Å². The zero-order valence-electron chi connectivity index (χ0n) is 11.7. The van der Waals surface area contributed by atoms with E-state index in [2.05, 4.69) is 16.3 Å². The number of thioether (sulfide) groups is 1. The molecule has 1 saturated carbocycles. The fraction of sp³-hybridized carbons (Fsp3) is 0.786. The quantitative estimate of drug-likeness (QED) is 0.811. The Morgan fingerprint density at radius 2 is 1.90 bits per heavy atom.